The van der Waals surface area contributed by atoms with Crippen molar-refractivity contribution in [3.63, 3.8) is 0 Å². The van der Waals surface area contributed by atoms with E-state index in [1.54, 1.807) is 35.2 Å². The van der Waals surface area contributed by atoms with Crippen LogP contribution in [0.2, 0.25) is 0 Å². The van der Waals surface area contributed by atoms with Crippen LogP contribution < -0.4 is 9.62 Å². The van der Waals surface area contributed by atoms with Crippen molar-refractivity contribution in [2.75, 3.05) is 4.90 Å². The quantitative estimate of drug-likeness (QED) is 0.233. The van der Waals surface area contributed by atoms with Gasteiger partial charge >= 0.3 is 0 Å². The summed E-state index contributed by atoms with van der Waals surface area (Å²) in [6, 6.07) is 30.0. The number of rotatable bonds is 9. The van der Waals surface area contributed by atoms with Crippen LogP contribution >= 0.6 is 0 Å². The molecular weight excluding hydrogens is 530 g/mol. The third-order valence-corrected chi connectivity index (χ3v) is 9.01. The van der Waals surface area contributed by atoms with Crippen LogP contribution in [0.4, 0.5) is 5.69 Å². The first-order valence-corrected chi connectivity index (χ1v) is 15.3. The van der Waals surface area contributed by atoms with Gasteiger partial charge in [0.05, 0.1) is 17.1 Å². The van der Waals surface area contributed by atoms with Gasteiger partial charge in [-0.3, -0.25) is 9.78 Å². The molecule has 0 saturated heterocycles. The molecule has 0 spiro atoms. The maximum absolute atomic E-state index is 13.9. The van der Waals surface area contributed by atoms with Gasteiger partial charge in [-0.05, 0) is 85.2 Å². The van der Waals surface area contributed by atoms with Crippen molar-refractivity contribution in [2.45, 2.75) is 70.4 Å². The van der Waals surface area contributed by atoms with Crippen molar-refractivity contribution in [3.8, 4) is 0 Å². The van der Waals surface area contributed by atoms with Gasteiger partial charge < -0.3 is 4.90 Å². The van der Waals surface area contributed by atoms with Crippen LogP contribution in [0.1, 0.15) is 73.7 Å². The Morgan fingerprint density at radius 3 is 2.39 bits per heavy atom. The van der Waals surface area contributed by atoms with E-state index in [9.17, 15) is 13.2 Å². The van der Waals surface area contributed by atoms with Gasteiger partial charge in [-0.15, -0.1) is 0 Å². The molecule has 4 aromatic rings. The first kappa shape index (κ1) is 30.2. The van der Waals surface area contributed by atoms with Gasteiger partial charge in [-0.2, -0.15) is 0 Å². The van der Waals surface area contributed by atoms with Crippen molar-refractivity contribution < 1.29 is 13.2 Å². The Hall–Kier alpha value is -3.81. The number of hydrogen-bond donors (Lipinski definition) is 1. The number of hydrogen-bond acceptors (Lipinski definition) is 4. The molecule has 3 aromatic carbocycles. The first-order chi connectivity index (χ1) is 19.3. The molecule has 2 atom stereocenters. The van der Waals surface area contributed by atoms with Crippen molar-refractivity contribution in [1.29, 1.82) is 0 Å². The van der Waals surface area contributed by atoms with Crippen molar-refractivity contribution in [2.24, 2.45) is 0 Å². The molecule has 0 radical (unpaired) electrons. The van der Waals surface area contributed by atoms with E-state index in [0.717, 1.165) is 46.6 Å². The van der Waals surface area contributed by atoms with Crippen LogP contribution in [0, 0.1) is 6.92 Å². The summed E-state index contributed by atoms with van der Waals surface area (Å²) in [4.78, 5) is 20.6. The number of fused-ring (bicyclic) bond motifs is 1. The molecule has 1 aliphatic carbocycles. The normalized spacial score (nSPS) is 15.3. The standard InChI is InChI=1S/C33H35N3O3S.CH4/c1-24(26-12-5-3-6-13-26)21-33(37)36(23-28-15-9-11-25(2)34-28)29-20-19-27-14-10-18-32(31(27)22-29)35-40(38,39)30-16-7-4-8-17-30;/h3-9,11-13,15-17,19-20,22,24,32,35H,10,14,18,21,23H2,1-2H3;1H4/t24-,32+;/m1./s1. The lowest BCUT2D eigenvalue weighted by atomic mass is 9.87. The van der Waals surface area contributed by atoms with E-state index < -0.39 is 10.0 Å². The average Bonchev–Trinajstić information content (AvgIpc) is 2.96. The fraction of sp³-hybridized carbons (Fsp3) is 0.294. The second kappa shape index (κ2) is 13.2. The van der Waals surface area contributed by atoms with E-state index in [4.69, 9.17) is 0 Å². The SMILES string of the molecule is C.Cc1cccc(CN(C(=O)C[C@@H](C)c2ccccc2)c2ccc3c(c2)[C@@H](NS(=O)(=O)c2ccccc2)CCC3)n1. The fourth-order valence-electron chi connectivity index (χ4n) is 5.38. The van der Waals surface area contributed by atoms with Gasteiger partial charge in [0.15, 0.2) is 0 Å². The van der Waals surface area contributed by atoms with Gasteiger partial charge in [0.25, 0.3) is 0 Å². The van der Waals surface area contributed by atoms with Gasteiger partial charge in [0, 0.05) is 23.8 Å². The number of carbonyl (C=O) groups excluding carboxylic acids is 1. The number of aryl methyl sites for hydroxylation is 2. The lowest BCUT2D eigenvalue weighted by molar-refractivity contribution is -0.119. The molecule has 7 heteroatoms. The predicted octanol–water partition coefficient (Wildman–Crippen LogP) is 7.11. The highest BCUT2D eigenvalue weighted by Gasteiger charge is 2.28. The zero-order valence-electron chi connectivity index (χ0n) is 23.0. The highest BCUT2D eigenvalue weighted by atomic mass is 32.2. The van der Waals surface area contributed by atoms with Crippen LogP contribution in [0.15, 0.2) is 102 Å². The van der Waals surface area contributed by atoms with Gasteiger partial charge in [0.1, 0.15) is 0 Å². The number of aromatic nitrogens is 1. The molecule has 0 fully saturated rings. The Morgan fingerprint density at radius 1 is 0.976 bits per heavy atom. The Bertz CT molecular complexity index is 1570. The summed E-state index contributed by atoms with van der Waals surface area (Å²) in [5, 5.41) is 0. The molecule has 1 aromatic heterocycles. The first-order valence-electron chi connectivity index (χ1n) is 13.8. The Morgan fingerprint density at radius 2 is 1.68 bits per heavy atom. The van der Waals surface area contributed by atoms with Gasteiger partial charge in [-0.25, -0.2) is 13.1 Å². The molecule has 0 unspecified atom stereocenters. The number of sulfonamides is 1. The monoisotopic (exact) mass is 569 g/mol. The number of nitrogens with zero attached hydrogens (tertiary/aromatic N) is 2. The Labute approximate surface area is 244 Å². The number of nitrogens with one attached hydrogen (secondary N) is 1. The maximum Gasteiger partial charge on any atom is 0.241 e. The molecule has 1 heterocycles. The molecule has 0 aliphatic heterocycles. The van der Waals surface area contributed by atoms with Crippen LogP contribution in [0.5, 0.6) is 0 Å². The largest absolute Gasteiger partial charge is 0.306 e. The molecule has 1 amide bonds. The predicted molar refractivity (Wildman–Crippen MR) is 165 cm³/mol. The topological polar surface area (TPSA) is 79.4 Å². The average molecular weight is 570 g/mol. The van der Waals surface area contributed by atoms with E-state index in [-0.39, 0.29) is 30.2 Å². The number of carbonyl (C=O) groups is 1. The summed E-state index contributed by atoms with van der Waals surface area (Å²) in [5.74, 6) is 0.0431. The van der Waals surface area contributed by atoms with Crippen molar-refractivity contribution in [1.82, 2.24) is 9.71 Å². The van der Waals surface area contributed by atoms with Crippen LogP contribution in [0.25, 0.3) is 0 Å². The Balaban J connectivity index is 0.00000387. The zero-order chi connectivity index (χ0) is 28.1. The highest BCUT2D eigenvalue weighted by Crippen LogP contribution is 2.35. The summed E-state index contributed by atoms with van der Waals surface area (Å²) >= 11 is 0. The van der Waals surface area contributed by atoms with Gasteiger partial charge in [0.2, 0.25) is 15.9 Å². The Kier molecular flexibility index (Phi) is 9.73. The van der Waals surface area contributed by atoms with E-state index in [1.807, 2.05) is 73.7 Å². The molecular formula is C34H39N3O3S. The maximum atomic E-state index is 13.9. The molecule has 6 nitrogen and oxygen atoms in total. The third kappa shape index (κ3) is 7.29. The van der Waals surface area contributed by atoms with E-state index in [2.05, 4.69) is 16.6 Å². The number of anilines is 1. The minimum absolute atomic E-state index is 0. The lowest BCUT2D eigenvalue weighted by Crippen LogP contribution is -2.33. The van der Waals surface area contributed by atoms with Crippen LogP contribution in [-0.4, -0.2) is 19.3 Å². The minimum atomic E-state index is -3.69. The number of amides is 1. The van der Waals surface area contributed by atoms with E-state index in [1.165, 1.54) is 0 Å². The van der Waals surface area contributed by atoms with Crippen molar-refractivity contribution >= 4 is 21.6 Å². The molecule has 0 bridgehead atoms. The minimum Gasteiger partial charge on any atom is -0.306 e. The number of pyridine rings is 1. The summed E-state index contributed by atoms with van der Waals surface area (Å²) in [5.41, 5.74) is 5.59. The molecule has 1 N–H and O–H groups in total. The third-order valence-electron chi connectivity index (χ3n) is 7.52. The molecule has 5 rings (SSSR count). The highest BCUT2D eigenvalue weighted by molar-refractivity contribution is 7.89. The summed E-state index contributed by atoms with van der Waals surface area (Å²) in [7, 11) is -3.69. The summed E-state index contributed by atoms with van der Waals surface area (Å²) in [6.45, 7) is 4.34. The smallest absolute Gasteiger partial charge is 0.241 e. The molecule has 41 heavy (non-hydrogen) atoms. The second-order valence-electron chi connectivity index (χ2n) is 10.5. The van der Waals surface area contributed by atoms with Gasteiger partial charge in [-0.1, -0.05) is 75.0 Å². The van der Waals surface area contributed by atoms with Crippen LogP contribution in [0.3, 0.4) is 0 Å². The second-order valence-corrected chi connectivity index (χ2v) is 12.2. The van der Waals surface area contributed by atoms with Crippen LogP contribution in [-0.2, 0) is 27.8 Å². The summed E-state index contributed by atoms with van der Waals surface area (Å²) in [6.07, 6.45) is 2.80. The molecule has 214 valence electrons. The number of benzene rings is 3. The van der Waals surface area contributed by atoms with E-state index in [0.29, 0.717) is 19.4 Å². The zero-order valence-corrected chi connectivity index (χ0v) is 23.8. The summed E-state index contributed by atoms with van der Waals surface area (Å²) < 4.78 is 29.3. The molecule has 1 aliphatic rings. The van der Waals surface area contributed by atoms with E-state index >= 15 is 0 Å². The van der Waals surface area contributed by atoms with Crippen molar-refractivity contribution in [3.05, 3.63) is 125 Å². The molecule has 0 saturated carbocycles. The fourth-order valence-corrected chi connectivity index (χ4v) is 6.65. The lowest BCUT2D eigenvalue weighted by Gasteiger charge is -2.30.